The molecule has 2 amide bonds. The van der Waals surface area contributed by atoms with Gasteiger partial charge in [0.25, 0.3) is 5.91 Å². The molecular formula is C22H26N2O2. The normalized spacial score (nSPS) is 13.5. The number of nitrogens with one attached hydrogen (secondary N) is 1. The van der Waals surface area contributed by atoms with Gasteiger partial charge in [-0.05, 0) is 62.1 Å². The van der Waals surface area contributed by atoms with Crippen LogP contribution in [0.15, 0.2) is 36.4 Å². The number of hydrogen-bond donors (Lipinski definition) is 1. The van der Waals surface area contributed by atoms with Crippen LogP contribution in [0.25, 0.3) is 0 Å². The Morgan fingerprint density at radius 3 is 2.65 bits per heavy atom. The van der Waals surface area contributed by atoms with Crippen LogP contribution in [-0.4, -0.2) is 18.4 Å². The highest BCUT2D eigenvalue weighted by Crippen LogP contribution is 2.31. The van der Waals surface area contributed by atoms with Crippen LogP contribution in [0.1, 0.15) is 53.2 Å². The standard InChI is InChI=1S/C22H26N2O2/c1-4-5-12-24-20-10-8-18(14-17(20)7-11-21(24)25)23-22(26)19-9-6-15(2)13-16(19)3/h6,8-10,13-14H,4-5,7,11-12H2,1-3H3,(H,23,26). The van der Waals surface area contributed by atoms with Crippen LogP contribution in [-0.2, 0) is 11.2 Å². The van der Waals surface area contributed by atoms with Crippen LogP contribution in [0.5, 0.6) is 0 Å². The van der Waals surface area contributed by atoms with Gasteiger partial charge in [-0.3, -0.25) is 9.59 Å². The van der Waals surface area contributed by atoms with Gasteiger partial charge in [0.1, 0.15) is 0 Å². The van der Waals surface area contributed by atoms with Crippen LogP contribution in [0.2, 0.25) is 0 Å². The van der Waals surface area contributed by atoms with Gasteiger partial charge in [0.05, 0.1) is 0 Å². The van der Waals surface area contributed by atoms with Crippen LogP contribution in [0.3, 0.4) is 0 Å². The first kappa shape index (κ1) is 18.2. The van der Waals surface area contributed by atoms with Crippen molar-refractivity contribution in [3.63, 3.8) is 0 Å². The van der Waals surface area contributed by atoms with E-state index in [4.69, 9.17) is 0 Å². The molecule has 3 rings (SSSR count). The molecule has 1 N–H and O–H groups in total. The second-order valence-corrected chi connectivity index (χ2v) is 7.01. The van der Waals surface area contributed by atoms with Gasteiger partial charge in [-0.25, -0.2) is 0 Å². The van der Waals surface area contributed by atoms with E-state index in [1.165, 1.54) is 0 Å². The first-order chi connectivity index (χ1) is 12.5. The Morgan fingerprint density at radius 2 is 1.92 bits per heavy atom. The number of benzene rings is 2. The largest absolute Gasteiger partial charge is 0.322 e. The van der Waals surface area contributed by atoms with Crippen molar-refractivity contribution < 1.29 is 9.59 Å². The number of hydrogen-bond acceptors (Lipinski definition) is 2. The predicted octanol–water partition coefficient (Wildman–Crippen LogP) is 4.64. The molecule has 136 valence electrons. The third-order valence-corrected chi connectivity index (χ3v) is 4.90. The van der Waals surface area contributed by atoms with Crippen LogP contribution in [0, 0.1) is 13.8 Å². The van der Waals surface area contributed by atoms with E-state index in [0.29, 0.717) is 12.0 Å². The lowest BCUT2D eigenvalue weighted by atomic mass is 9.99. The van der Waals surface area contributed by atoms with Crippen molar-refractivity contribution >= 4 is 23.2 Å². The second-order valence-electron chi connectivity index (χ2n) is 7.01. The van der Waals surface area contributed by atoms with E-state index in [1.807, 2.05) is 55.1 Å². The van der Waals surface area contributed by atoms with Gasteiger partial charge in [0, 0.05) is 29.9 Å². The van der Waals surface area contributed by atoms with E-state index in [-0.39, 0.29) is 11.8 Å². The van der Waals surface area contributed by atoms with Gasteiger partial charge in [-0.1, -0.05) is 31.0 Å². The molecule has 1 aliphatic rings. The summed E-state index contributed by atoms with van der Waals surface area (Å²) in [6, 6.07) is 11.7. The maximum Gasteiger partial charge on any atom is 0.255 e. The van der Waals surface area contributed by atoms with E-state index in [0.717, 1.165) is 53.9 Å². The van der Waals surface area contributed by atoms with Crippen LogP contribution < -0.4 is 10.2 Å². The maximum atomic E-state index is 12.6. The fourth-order valence-corrected chi connectivity index (χ4v) is 3.47. The van der Waals surface area contributed by atoms with E-state index >= 15 is 0 Å². The average Bonchev–Trinajstić information content (AvgIpc) is 2.61. The van der Waals surface area contributed by atoms with Gasteiger partial charge in [-0.2, -0.15) is 0 Å². The third kappa shape index (κ3) is 3.79. The van der Waals surface area contributed by atoms with Crippen molar-refractivity contribution in [2.45, 2.75) is 46.5 Å². The number of carbonyl (C=O) groups is 2. The molecule has 0 spiro atoms. The quantitative estimate of drug-likeness (QED) is 0.854. The van der Waals surface area contributed by atoms with Gasteiger partial charge < -0.3 is 10.2 Å². The third-order valence-electron chi connectivity index (χ3n) is 4.90. The molecule has 1 heterocycles. The summed E-state index contributed by atoms with van der Waals surface area (Å²) < 4.78 is 0. The number of anilines is 2. The number of amides is 2. The fourth-order valence-electron chi connectivity index (χ4n) is 3.47. The predicted molar refractivity (Wildman–Crippen MR) is 106 cm³/mol. The van der Waals surface area contributed by atoms with E-state index in [9.17, 15) is 9.59 Å². The summed E-state index contributed by atoms with van der Waals surface area (Å²) in [4.78, 5) is 26.7. The molecule has 0 saturated heterocycles. The smallest absolute Gasteiger partial charge is 0.255 e. The monoisotopic (exact) mass is 350 g/mol. The molecule has 0 aromatic heterocycles. The second kappa shape index (κ2) is 7.73. The minimum absolute atomic E-state index is 0.0998. The Labute approximate surface area is 155 Å². The maximum absolute atomic E-state index is 12.6. The highest BCUT2D eigenvalue weighted by atomic mass is 16.2. The van der Waals surface area contributed by atoms with Crippen molar-refractivity contribution in [1.29, 1.82) is 0 Å². The molecule has 0 radical (unpaired) electrons. The Balaban J connectivity index is 1.80. The number of rotatable bonds is 5. The van der Waals surface area contributed by atoms with Crippen LogP contribution in [0.4, 0.5) is 11.4 Å². The van der Waals surface area contributed by atoms with Crippen molar-refractivity contribution in [2.24, 2.45) is 0 Å². The van der Waals surface area contributed by atoms with Crippen molar-refractivity contribution in [1.82, 2.24) is 0 Å². The van der Waals surface area contributed by atoms with Gasteiger partial charge in [0.2, 0.25) is 5.91 Å². The molecule has 2 aromatic carbocycles. The van der Waals surface area contributed by atoms with E-state index in [1.54, 1.807) is 0 Å². The number of unbranched alkanes of at least 4 members (excludes halogenated alkanes) is 1. The zero-order chi connectivity index (χ0) is 18.7. The van der Waals surface area contributed by atoms with Crippen molar-refractivity contribution in [3.8, 4) is 0 Å². The number of nitrogens with zero attached hydrogens (tertiary/aromatic N) is 1. The Bertz CT molecular complexity index is 842. The summed E-state index contributed by atoms with van der Waals surface area (Å²) in [5.41, 5.74) is 5.69. The van der Waals surface area contributed by atoms with Crippen molar-refractivity contribution in [2.75, 3.05) is 16.8 Å². The minimum Gasteiger partial charge on any atom is -0.322 e. The van der Waals surface area contributed by atoms with E-state index in [2.05, 4.69) is 12.2 Å². The van der Waals surface area contributed by atoms with Gasteiger partial charge >= 0.3 is 0 Å². The number of aryl methyl sites for hydroxylation is 3. The first-order valence-electron chi connectivity index (χ1n) is 9.31. The first-order valence-corrected chi connectivity index (χ1v) is 9.31. The molecule has 0 unspecified atom stereocenters. The van der Waals surface area contributed by atoms with Gasteiger partial charge in [0.15, 0.2) is 0 Å². The highest BCUT2D eigenvalue weighted by molar-refractivity contribution is 6.05. The number of carbonyl (C=O) groups excluding carboxylic acids is 2. The lowest BCUT2D eigenvalue weighted by Crippen LogP contribution is -2.35. The summed E-state index contributed by atoms with van der Waals surface area (Å²) in [5, 5.41) is 3.00. The molecule has 0 aliphatic carbocycles. The molecular weight excluding hydrogens is 324 g/mol. The number of fused-ring (bicyclic) bond motifs is 1. The molecule has 0 saturated carbocycles. The zero-order valence-electron chi connectivity index (χ0n) is 15.8. The van der Waals surface area contributed by atoms with Crippen molar-refractivity contribution in [3.05, 3.63) is 58.7 Å². The summed E-state index contributed by atoms with van der Waals surface area (Å²) in [6.45, 7) is 6.85. The summed E-state index contributed by atoms with van der Waals surface area (Å²) >= 11 is 0. The fraction of sp³-hybridized carbons (Fsp3) is 0.364. The molecule has 0 fully saturated rings. The summed E-state index contributed by atoms with van der Waals surface area (Å²) in [6.07, 6.45) is 3.31. The Kier molecular flexibility index (Phi) is 5.40. The van der Waals surface area contributed by atoms with E-state index < -0.39 is 0 Å². The summed E-state index contributed by atoms with van der Waals surface area (Å²) in [5.74, 6) is 0.0928. The Morgan fingerprint density at radius 1 is 1.12 bits per heavy atom. The zero-order valence-corrected chi connectivity index (χ0v) is 15.8. The lowest BCUT2D eigenvalue weighted by molar-refractivity contribution is -0.118. The highest BCUT2D eigenvalue weighted by Gasteiger charge is 2.24. The summed E-state index contributed by atoms with van der Waals surface area (Å²) in [7, 11) is 0. The topological polar surface area (TPSA) is 49.4 Å². The lowest BCUT2D eigenvalue weighted by Gasteiger charge is -2.29. The average molecular weight is 350 g/mol. The molecule has 0 bridgehead atoms. The SMILES string of the molecule is CCCCN1C(=O)CCc2cc(NC(=O)c3ccc(C)cc3C)ccc21. The molecule has 4 heteroatoms. The minimum atomic E-state index is -0.0998. The molecule has 1 aliphatic heterocycles. The van der Waals surface area contributed by atoms with Crippen LogP contribution >= 0.6 is 0 Å². The molecule has 26 heavy (non-hydrogen) atoms. The Hall–Kier alpha value is -2.62. The molecule has 4 nitrogen and oxygen atoms in total. The molecule has 0 atom stereocenters. The molecule has 2 aromatic rings. The van der Waals surface area contributed by atoms with Gasteiger partial charge in [-0.15, -0.1) is 0 Å².